The molecule has 0 fully saturated rings. The highest BCUT2D eigenvalue weighted by molar-refractivity contribution is 7.27. The van der Waals surface area contributed by atoms with Crippen LogP contribution in [0.25, 0.3) is 5.76 Å². The zero-order valence-electron chi connectivity index (χ0n) is 14.4. The van der Waals surface area contributed by atoms with Gasteiger partial charge in [0.2, 0.25) is 5.78 Å². The first kappa shape index (κ1) is 16.2. The van der Waals surface area contributed by atoms with Gasteiger partial charge in [0.05, 0.1) is 5.69 Å². The Labute approximate surface area is 150 Å². The van der Waals surface area contributed by atoms with Crippen LogP contribution in [0.5, 0.6) is 0 Å². The van der Waals surface area contributed by atoms with E-state index >= 15 is 0 Å². The van der Waals surface area contributed by atoms with E-state index in [9.17, 15) is 4.79 Å². The third kappa shape index (κ3) is 2.94. The molecule has 2 aliphatic rings. The molecule has 25 heavy (non-hydrogen) atoms. The highest BCUT2D eigenvalue weighted by Gasteiger charge is 2.38. The van der Waals surface area contributed by atoms with Gasteiger partial charge in [-0.2, -0.15) is 0 Å². The number of carbonyl (C=O) groups excluding carboxylic acids is 1. The van der Waals surface area contributed by atoms with Crippen molar-refractivity contribution in [3.8, 4) is 0 Å². The Kier molecular flexibility index (Phi) is 3.85. The lowest BCUT2D eigenvalue weighted by Crippen LogP contribution is -2.34. The smallest absolute Gasteiger partial charge is 0.211 e. The summed E-state index contributed by atoms with van der Waals surface area (Å²) in [6, 6.07) is 15.7. The molecule has 0 N–H and O–H groups in total. The predicted molar refractivity (Wildman–Crippen MR) is 105 cm³/mol. The number of ether oxygens (including phenoxy) is 1. The molecule has 0 aromatic heterocycles. The fraction of sp³-hybridized carbons (Fsp3) is 0.238. The SMILES string of the molecule is CC1(C)CCC2=C(O1)c1ccccc1C(=Nc1ccc(P)cc1)C2=O. The van der Waals surface area contributed by atoms with Crippen molar-refractivity contribution < 1.29 is 9.53 Å². The fourth-order valence-electron chi connectivity index (χ4n) is 3.30. The first-order chi connectivity index (χ1) is 11.9. The Hall–Kier alpha value is -2.25. The maximum atomic E-state index is 13.1. The molecule has 1 aliphatic carbocycles. The maximum absolute atomic E-state index is 13.1. The molecular weight excluding hydrogens is 329 g/mol. The molecule has 2 aromatic carbocycles. The van der Waals surface area contributed by atoms with Crippen LogP contribution < -0.4 is 5.30 Å². The van der Waals surface area contributed by atoms with Crippen LogP contribution in [0.2, 0.25) is 0 Å². The number of hydrogen-bond acceptors (Lipinski definition) is 3. The molecule has 0 saturated carbocycles. The van der Waals surface area contributed by atoms with Gasteiger partial charge in [-0.1, -0.05) is 36.4 Å². The van der Waals surface area contributed by atoms with Crippen molar-refractivity contribution in [2.75, 3.05) is 0 Å². The van der Waals surface area contributed by atoms with Crippen LogP contribution in [-0.4, -0.2) is 17.1 Å². The van der Waals surface area contributed by atoms with Crippen molar-refractivity contribution in [3.63, 3.8) is 0 Å². The van der Waals surface area contributed by atoms with Crippen molar-refractivity contribution in [1.82, 2.24) is 0 Å². The van der Waals surface area contributed by atoms with Gasteiger partial charge in [0, 0.05) is 16.7 Å². The maximum Gasteiger partial charge on any atom is 0.211 e. The predicted octanol–water partition coefficient (Wildman–Crippen LogP) is 4.19. The van der Waals surface area contributed by atoms with Crippen LogP contribution in [0.3, 0.4) is 0 Å². The van der Waals surface area contributed by atoms with E-state index in [1.165, 1.54) is 0 Å². The number of aliphatic imine (C=N–C) groups is 1. The number of nitrogens with zero attached hydrogens (tertiary/aromatic N) is 1. The monoisotopic (exact) mass is 349 g/mol. The number of hydrogen-bond donors (Lipinski definition) is 0. The minimum atomic E-state index is -0.254. The Morgan fingerprint density at radius 2 is 1.72 bits per heavy atom. The van der Waals surface area contributed by atoms with Crippen molar-refractivity contribution in [1.29, 1.82) is 0 Å². The van der Waals surface area contributed by atoms with Crippen molar-refractivity contribution in [2.24, 2.45) is 4.99 Å². The summed E-state index contributed by atoms with van der Waals surface area (Å²) >= 11 is 0. The second-order valence-electron chi connectivity index (χ2n) is 7.10. The van der Waals surface area contributed by atoms with Crippen molar-refractivity contribution >= 4 is 37.5 Å². The van der Waals surface area contributed by atoms with E-state index in [1.54, 1.807) is 0 Å². The van der Waals surface area contributed by atoms with Crippen LogP contribution in [-0.2, 0) is 9.53 Å². The van der Waals surface area contributed by atoms with Crippen LogP contribution in [0.1, 0.15) is 37.8 Å². The normalized spacial score (nSPS) is 20.1. The summed E-state index contributed by atoms with van der Waals surface area (Å²) in [5.74, 6) is 0.718. The van der Waals surface area contributed by atoms with Crippen molar-refractivity contribution in [3.05, 3.63) is 65.2 Å². The second-order valence-corrected chi connectivity index (χ2v) is 7.76. The summed E-state index contributed by atoms with van der Waals surface area (Å²) < 4.78 is 6.19. The van der Waals surface area contributed by atoms with Gasteiger partial charge in [-0.05, 0) is 44.1 Å². The summed E-state index contributed by atoms with van der Waals surface area (Å²) in [6.07, 6.45) is 1.55. The molecule has 0 saturated heterocycles. The van der Waals surface area contributed by atoms with E-state index in [-0.39, 0.29) is 11.4 Å². The number of carbonyl (C=O) groups is 1. The van der Waals surface area contributed by atoms with Gasteiger partial charge in [-0.25, -0.2) is 4.99 Å². The average molecular weight is 349 g/mol. The van der Waals surface area contributed by atoms with E-state index in [2.05, 4.69) is 28.1 Å². The van der Waals surface area contributed by atoms with Crippen LogP contribution >= 0.6 is 9.24 Å². The molecule has 1 unspecified atom stereocenters. The third-order valence-corrected chi connectivity index (χ3v) is 5.06. The van der Waals surface area contributed by atoms with Gasteiger partial charge in [-0.3, -0.25) is 4.79 Å². The molecule has 2 aromatic rings. The molecule has 126 valence electrons. The second kappa shape index (κ2) is 5.93. The largest absolute Gasteiger partial charge is 0.487 e. The van der Waals surface area contributed by atoms with Gasteiger partial charge in [-0.15, -0.1) is 9.24 Å². The topological polar surface area (TPSA) is 38.7 Å². The lowest BCUT2D eigenvalue weighted by Gasteiger charge is -2.36. The van der Waals surface area contributed by atoms with Crippen molar-refractivity contribution in [2.45, 2.75) is 32.3 Å². The molecule has 1 aliphatic heterocycles. The number of Topliss-reactive ketones (excluding diaryl/α,β-unsaturated/α-hetero) is 1. The third-order valence-electron chi connectivity index (χ3n) is 4.68. The highest BCUT2D eigenvalue weighted by atomic mass is 31.0. The first-order valence-electron chi connectivity index (χ1n) is 8.45. The minimum absolute atomic E-state index is 0.0147. The highest BCUT2D eigenvalue weighted by Crippen LogP contribution is 2.41. The Morgan fingerprint density at radius 1 is 1.04 bits per heavy atom. The molecule has 4 heteroatoms. The van der Waals surface area contributed by atoms with E-state index in [0.717, 1.165) is 46.3 Å². The summed E-state index contributed by atoms with van der Waals surface area (Å²) in [5, 5.41) is 1.09. The quantitative estimate of drug-likeness (QED) is 0.724. The zero-order valence-corrected chi connectivity index (χ0v) is 15.5. The number of fused-ring (bicyclic) bond motifs is 2. The summed E-state index contributed by atoms with van der Waals surface area (Å²) in [7, 11) is 2.65. The van der Waals surface area contributed by atoms with Gasteiger partial charge >= 0.3 is 0 Å². The number of benzene rings is 2. The van der Waals surface area contributed by atoms with Gasteiger partial charge in [0.15, 0.2) is 0 Å². The van der Waals surface area contributed by atoms with E-state index in [4.69, 9.17) is 4.74 Å². The molecule has 0 bridgehead atoms. The van der Waals surface area contributed by atoms with Crippen LogP contribution in [0, 0.1) is 0 Å². The molecular formula is C21H20NO2P. The Morgan fingerprint density at radius 3 is 2.44 bits per heavy atom. The molecule has 4 rings (SSSR count). The minimum Gasteiger partial charge on any atom is -0.487 e. The number of allylic oxidation sites excluding steroid dienone is 1. The zero-order chi connectivity index (χ0) is 17.6. The number of rotatable bonds is 1. The van der Waals surface area contributed by atoms with E-state index in [0.29, 0.717) is 5.71 Å². The number of ketones is 1. The fourth-order valence-corrected chi connectivity index (χ4v) is 3.50. The molecule has 0 radical (unpaired) electrons. The average Bonchev–Trinajstić information content (AvgIpc) is 2.59. The first-order valence-corrected chi connectivity index (χ1v) is 9.03. The summed E-state index contributed by atoms with van der Waals surface area (Å²) in [4.78, 5) is 17.8. The van der Waals surface area contributed by atoms with Gasteiger partial charge in [0.25, 0.3) is 0 Å². The molecule has 0 spiro atoms. The molecule has 3 nitrogen and oxygen atoms in total. The van der Waals surface area contributed by atoms with Crippen LogP contribution in [0.4, 0.5) is 5.69 Å². The Bertz CT molecular complexity index is 923. The molecule has 1 heterocycles. The summed E-state index contributed by atoms with van der Waals surface area (Å²) in [6.45, 7) is 4.13. The molecule has 1 atom stereocenters. The van der Waals surface area contributed by atoms with Gasteiger partial charge < -0.3 is 4.74 Å². The van der Waals surface area contributed by atoms with Gasteiger partial charge in [0.1, 0.15) is 17.1 Å². The Balaban J connectivity index is 1.88. The lowest BCUT2D eigenvalue weighted by molar-refractivity contribution is -0.110. The summed E-state index contributed by atoms with van der Waals surface area (Å²) in [5.41, 5.74) is 3.60. The van der Waals surface area contributed by atoms with E-state index in [1.807, 2.05) is 48.5 Å². The lowest BCUT2D eigenvalue weighted by atomic mass is 9.82. The van der Waals surface area contributed by atoms with Crippen LogP contribution in [0.15, 0.2) is 59.1 Å². The molecule has 0 amide bonds. The van der Waals surface area contributed by atoms with E-state index < -0.39 is 0 Å². The standard InChI is InChI=1S/C21H20NO2P/c1-21(2)12-11-17-19(23)18(22-13-7-9-14(25)10-8-13)15-5-3-4-6-16(15)20(17)24-21/h3-10H,11-12,25H2,1-2H3.